The minimum Gasteiger partial charge on any atom is -0.296 e. The highest BCUT2D eigenvalue weighted by Gasteiger charge is 2.41. The van der Waals surface area contributed by atoms with Crippen molar-refractivity contribution in [3.05, 3.63) is 18.0 Å². The first-order valence-corrected chi connectivity index (χ1v) is 7.87. The Kier molecular flexibility index (Phi) is 6.65. The van der Waals surface area contributed by atoms with Crippen LogP contribution in [0.3, 0.4) is 0 Å². The Hall–Kier alpha value is -0.910. The molecule has 5 nitrogen and oxygen atoms in total. The Morgan fingerprint density at radius 1 is 1.25 bits per heavy atom. The molecule has 0 bridgehead atoms. The maximum absolute atomic E-state index is 5.95. The predicted molar refractivity (Wildman–Crippen MR) is 84.2 cm³/mol. The van der Waals surface area contributed by atoms with E-state index in [0.29, 0.717) is 0 Å². The molecule has 0 aliphatic carbocycles. The van der Waals surface area contributed by atoms with Crippen molar-refractivity contribution in [2.45, 2.75) is 65.6 Å². The first-order valence-electron chi connectivity index (χ1n) is 7.87. The molecule has 3 N–H and O–H groups in total. The lowest BCUT2D eigenvalue weighted by atomic mass is 9.81. The van der Waals surface area contributed by atoms with E-state index in [1.165, 1.54) is 5.69 Å². The second kappa shape index (κ2) is 7.76. The van der Waals surface area contributed by atoms with Gasteiger partial charge in [-0.2, -0.15) is 5.10 Å². The zero-order chi connectivity index (χ0) is 15.2. The molecule has 0 fully saturated rings. The number of nitrogens with zero attached hydrogens (tertiary/aromatic N) is 3. The zero-order valence-electron chi connectivity index (χ0n) is 13.7. The van der Waals surface area contributed by atoms with E-state index in [0.717, 1.165) is 32.5 Å². The lowest BCUT2D eigenvalue weighted by molar-refractivity contribution is 0.0456. The van der Waals surface area contributed by atoms with Gasteiger partial charge in [0.1, 0.15) is 0 Å². The van der Waals surface area contributed by atoms with E-state index < -0.39 is 0 Å². The monoisotopic (exact) mass is 281 g/mol. The SMILES string of the molecule is CCN(CC)C(CC)(CC)C(NN)c1ccnn1CC. The summed E-state index contributed by atoms with van der Waals surface area (Å²) in [5.41, 5.74) is 4.26. The van der Waals surface area contributed by atoms with Gasteiger partial charge in [0.25, 0.3) is 0 Å². The molecule has 0 saturated heterocycles. The van der Waals surface area contributed by atoms with Crippen LogP contribution in [0.4, 0.5) is 0 Å². The first kappa shape index (κ1) is 17.1. The summed E-state index contributed by atoms with van der Waals surface area (Å²) >= 11 is 0. The summed E-state index contributed by atoms with van der Waals surface area (Å²) < 4.78 is 2.04. The molecule has 116 valence electrons. The molecule has 1 unspecified atom stereocenters. The third-order valence-electron chi connectivity index (χ3n) is 4.67. The summed E-state index contributed by atoms with van der Waals surface area (Å²) in [4.78, 5) is 2.52. The van der Waals surface area contributed by atoms with Crippen molar-refractivity contribution in [1.82, 2.24) is 20.1 Å². The van der Waals surface area contributed by atoms with Gasteiger partial charge in [-0.1, -0.05) is 27.7 Å². The van der Waals surface area contributed by atoms with Crippen LogP contribution in [0.25, 0.3) is 0 Å². The lowest BCUT2D eigenvalue weighted by Gasteiger charge is -2.47. The molecule has 5 heteroatoms. The molecule has 1 heterocycles. The van der Waals surface area contributed by atoms with Crippen LogP contribution in [0, 0.1) is 0 Å². The van der Waals surface area contributed by atoms with Crippen LogP contribution in [0.15, 0.2) is 12.3 Å². The maximum Gasteiger partial charge on any atom is 0.0812 e. The van der Waals surface area contributed by atoms with E-state index in [1.54, 1.807) is 0 Å². The molecule has 0 aliphatic rings. The highest BCUT2D eigenvalue weighted by atomic mass is 15.3. The van der Waals surface area contributed by atoms with Crippen LogP contribution in [-0.2, 0) is 6.54 Å². The van der Waals surface area contributed by atoms with Gasteiger partial charge in [0.05, 0.1) is 11.7 Å². The van der Waals surface area contributed by atoms with Gasteiger partial charge in [-0.3, -0.25) is 15.4 Å². The largest absolute Gasteiger partial charge is 0.296 e. The van der Waals surface area contributed by atoms with Crippen LogP contribution in [0.2, 0.25) is 0 Å². The quantitative estimate of drug-likeness (QED) is 0.539. The summed E-state index contributed by atoms with van der Waals surface area (Å²) in [6.07, 6.45) is 3.96. The van der Waals surface area contributed by atoms with Crippen LogP contribution < -0.4 is 11.3 Å². The van der Waals surface area contributed by atoms with Crippen molar-refractivity contribution >= 4 is 0 Å². The standard InChI is InChI=1S/C15H31N5/c1-6-15(7-2,19(8-3)9-4)14(18-16)13-11-12-17-20(13)10-5/h11-12,14,18H,6-10,16H2,1-5H3. The van der Waals surface area contributed by atoms with Gasteiger partial charge in [-0.15, -0.1) is 0 Å². The molecule has 0 spiro atoms. The fraction of sp³-hybridized carbons (Fsp3) is 0.800. The summed E-state index contributed by atoms with van der Waals surface area (Å²) in [5, 5.41) is 4.40. The number of aryl methyl sites for hydroxylation is 1. The molecular formula is C15H31N5. The number of likely N-dealkylation sites (N-methyl/N-ethyl adjacent to an activating group) is 1. The van der Waals surface area contributed by atoms with Gasteiger partial charge in [-0.05, 0) is 38.9 Å². The lowest BCUT2D eigenvalue weighted by Crippen LogP contribution is -2.57. The molecule has 0 aliphatic heterocycles. The minimum atomic E-state index is 0.0191. The van der Waals surface area contributed by atoms with Crippen LogP contribution >= 0.6 is 0 Å². The van der Waals surface area contributed by atoms with Gasteiger partial charge in [0, 0.05) is 18.3 Å². The maximum atomic E-state index is 5.95. The van der Waals surface area contributed by atoms with Crippen molar-refractivity contribution in [1.29, 1.82) is 0 Å². The summed E-state index contributed by atoms with van der Waals surface area (Å²) in [5.74, 6) is 5.95. The summed E-state index contributed by atoms with van der Waals surface area (Å²) in [6, 6.07) is 2.16. The van der Waals surface area contributed by atoms with Crippen LogP contribution in [0.1, 0.15) is 59.2 Å². The zero-order valence-corrected chi connectivity index (χ0v) is 13.7. The molecule has 0 amide bonds. The Morgan fingerprint density at radius 3 is 2.25 bits per heavy atom. The van der Waals surface area contributed by atoms with E-state index >= 15 is 0 Å². The van der Waals surface area contributed by atoms with E-state index in [-0.39, 0.29) is 11.6 Å². The van der Waals surface area contributed by atoms with Crippen LogP contribution in [0.5, 0.6) is 0 Å². The van der Waals surface area contributed by atoms with Crippen LogP contribution in [-0.4, -0.2) is 33.3 Å². The summed E-state index contributed by atoms with van der Waals surface area (Å²) in [7, 11) is 0. The Labute approximate surface area is 123 Å². The molecular weight excluding hydrogens is 250 g/mol. The van der Waals surface area contributed by atoms with E-state index in [1.807, 2.05) is 10.9 Å². The third kappa shape index (κ3) is 2.90. The number of nitrogens with two attached hydrogens (primary N) is 1. The second-order valence-electron chi connectivity index (χ2n) is 5.15. The highest BCUT2D eigenvalue weighted by Crippen LogP contribution is 2.36. The van der Waals surface area contributed by atoms with Gasteiger partial charge in [0.15, 0.2) is 0 Å². The number of hydrogen-bond acceptors (Lipinski definition) is 4. The smallest absolute Gasteiger partial charge is 0.0812 e. The Balaban J connectivity index is 3.28. The van der Waals surface area contributed by atoms with Gasteiger partial charge >= 0.3 is 0 Å². The summed E-state index contributed by atoms with van der Waals surface area (Å²) in [6.45, 7) is 14.0. The average molecular weight is 281 g/mol. The van der Waals surface area contributed by atoms with Crippen molar-refractivity contribution in [3.8, 4) is 0 Å². The molecule has 0 saturated carbocycles. The number of hydrogen-bond donors (Lipinski definition) is 2. The fourth-order valence-electron chi connectivity index (χ4n) is 3.51. The Morgan fingerprint density at radius 2 is 1.85 bits per heavy atom. The molecule has 1 atom stereocenters. The first-order chi connectivity index (χ1) is 9.64. The van der Waals surface area contributed by atoms with E-state index in [9.17, 15) is 0 Å². The number of hydrazine groups is 1. The number of nitrogens with one attached hydrogen (secondary N) is 1. The second-order valence-corrected chi connectivity index (χ2v) is 5.15. The molecule has 1 aromatic rings. The number of rotatable bonds is 9. The van der Waals surface area contributed by atoms with E-state index in [2.05, 4.69) is 56.1 Å². The molecule has 0 aromatic carbocycles. The van der Waals surface area contributed by atoms with Gasteiger partial charge in [0.2, 0.25) is 0 Å². The topological polar surface area (TPSA) is 59.1 Å². The Bertz CT molecular complexity index is 379. The molecule has 1 rings (SSSR count). The highest BCUT2D eigenvalue weighted by molar-refractivity contribution is 5.15. The number of aromatic nitrogens is 2. The molecule has 1 aromatic heterocycles. The van der Waals surface area contributed by atoms with Crippen molar-refractivity contribution < 1.29 is 0 Å². The van der Waals surface area contributed by atoms with Crippen molar-refractivity contribution in [2.75, 3.05) is 13.1 Å². The van der Waals surface area contributed by atoms with Gasteiger partial charge in [-0.25, -0.2) is 5.43 Å². The van der Waals surface area contributed by atoms with E-state index in [4.69, 9.17) is 5.84 Å². The van der Waals surface area contributed by atoms with Crippen molar-refractivity contribution in [2.24, 2.45) is 5.84 Å². The average Bonchev–Trinajstić information content (AvgIpc) is 2.95. The normalized spacial score (nSPS) is 13.9. The van der Waals surface area contributed by atoms with Crippen molar-refractivity contribution in [3.63, 3.8) is 0 Å². The predicted octanol–water partition coefficient (Wildman–Crippen LogP) is 2.31. The minimum absolute atomic E-state index is 0.0191. The fourth-order valence-corrected chi connectivity index (χ4v) is 3.51. The third-order valence-corrected chi connectivity index (χ3v) is 4.67. The molecule has 20 heavy (non-hydrogen) atoms. The molecule has 0 radical (unpaired) electrons. The van der Waals surface area contributed by atoms with Gasteiger partial charge < -0.3 is 0 Å².